The minimum absolute atomic E-state index is 0.113. The van der Waals surface area contributed by atoms with Gasteiger partial charge in [0.15, 0.2) is 5.49 Å². The first-order chi connectivity index (χ1) is 16.1. The highest BCUT2D eigenvalue weighted by molar-refractivity contribution is 5.71. The highest BCUT2D eigenvalue weighted by atomic mass is 16.5. The third-order valence-electron chi connectivity index (χ3n) is 5.90. The molecule has 0 amide bonds. The maximum Gasteiger partial charge on any atom is 0.306 e. The summed E-state index contributed by atoms with van der Waals surface area (Å²) in [5, 5.41) is 9.71. The third-order valence-corrected chi connectivity index (χ3v) is 5.90. The lowest BCUT2D eigenvalue weighted by Crippen LogP contribution is -2.17. The second-order valence-electron chi connectivity index (χ2n) is 8.20. The van der Waals surface area contributed by atoms with Crippen LogP contribution in [0.3, 0.4) is 0 Å². The number of fused-ring (bicyclic) bond motifs is 2. The molecule has 1 unspecified atom stereocenters. The van der Waals surface area contributed by atoms with Crippen molar-refractivity contribution >= 4 is 5.97 Å². The van der Waals surface area contributed by atoms with Gasteiger partial charge in [0, 0.05) is 19.2 Å². The molecule has 0 spiro atoms. The fourth-order valence-electron chi connectivity index (χ4n) is 4.33. The van der Waals surface area contributed by atoms with Crippen molar-refractivity contribution in [2.45, 2.75) is 38.5 Å². The zero-order chi connectivity index (χ0) is 23.0. The Labute approximate surface area is 194 Å². The molecule has 172 valence electrons. The molecule has 3 aromatic rings. The summed E-state index contributed by atoms with van der Waals surface area (Å²) in [4.78, 5) is 16.6. The number of esters is 1. The SMILES string of the molecule is CCOC(=O)CC1Cc2ccc(OCCCN=c3ccccn3O)cc2Cc2ccccc21. The molecule has 4 rings (SSSR count). The van der Waals surface area contributed by atoms with Gasteiger partial charge in [-0.15, -0.1) is 0 Å². The van der Waals surface area contributed by atoms with E-state index in [0.29, 0.717) is 31.7 Å². The second kappa shape index (κ2) is 10.9. The summed E-state index contributed by atoms with van der Waals surface area (Å²) in [7, 11) is 0. The van der Waals surface area contributed by atoms with Gasteiger partial charge in [-0.1, -0.05) is 36.4 Å². The van der Waals surface area contributed by atoms with Crippen LogP contribution in [0.1, 0.15) is 47.9 Å². The first-order valence-electron chi connectivity index (χ1n) is 11.5. The number of nitrogens with zero attached hydrogens (tertiary/aromatic N) is 2. The molecule has 1 aromatic heterocycles. The van der Waals surface area contributed by atoms with Crippen molar-refractivity contribution in [3.63, 3.8) is 0 Å². The molecule has 1 atom stereocenters. The molecule has 1 heterocycles. The van der Waals surface area contributed by atoms with E-state index in [9.17, 15) is 10.0 Å². The molecule has 33 heavy (non-hydrogen) atoms. The van der Waals surface area contributed by atoms with E-state index in [-0.39, 0.29) is 11.9 Å². The van der Waals surface area contributed by atoms with Gasteiger partial charge in [0.25, 0.3) is 0 Å². The summed E-state index contributed by atoms with van der Waals surface area (Å²) in [6, 6.07) is 20.0. The smallest absolute Gasteiger partial charge is 0.306 e. The number of ether oxygens (including phenoxy) is 2. The van der Waals surface area contributed by atoms with Gasteiger partial charge in [-0.05, 0) is 72.2 Å². The summed E-state index contributed by atoms with van der Waals surface area (Å²) in [6.45, 7) is 3.36. The van der Waals surface area contributed by atoms with Crippen molar-refractivity contribution in [1.29, 1.82) is 0 Å². The third kappa shape index (κ3) is 5.83. The van der Waals surface area contributed by atoms with Crippen LogP contribution in [0, 0.1) is 0 Å². The predicted molar refractivity (Wildman–Crippen MR) is 126 cm³/mol. The summed E-state index contributed by atoms with van der Waals surface area (Å²) >= 11 is 0. The highest BCUT2D eigenvalue weighted by Crippen LogP contribution is 2.35. The Balaban J connectivity index is 1.43. The molecular formula is C27H30N2O4. The maximum atomic E-state index is 12.2. The summed E-state index contributed by atoms with van der Waals surface area (Å²) in [5.41, 5.74) is 5.49. The van der Waals surface area contributed by atoms with Crippen LogP contribution in [-0.2, 0) is 22.4 Å². The van der Waals surface area contributed by atoms with Gasteiger partial charge in [-0.3, -0.25) is 9.79 Å². The van der Waals surface area contributed by atoms with Gasteiger partial charge in [0.05, 0.1) is 19.6 Å². The molecule has 1 aliphatic rings. The molecule has 0 saturated carbocycles. The van der Waals surface area contributed by atoms with Crippen molar-refractivity contribution in [2.24, 2.45) is 4.99 Å². The largest absolute Gasteiger partial charge is 0.494 e. The lowest BCUT2D eigenvalue weighted by Gasteiger charge is -2.17. The van der Waals surface area contributed by atoms with Crippen LogP contribution in [0.4, 0.5) is 0 Å². The lowest BCUT2D eigenvalue weighted by molar-refractivity contribution is -0.143. The number of aromatic nitrogens is 1. The number of pyridine rings is 1. The van der Waals surface area contributed by atoms with E-state index in [0.717, 1.165) is 29.7 Å². The van der Waals surface area contributed by atoms with Crippen LogP contribution in [0.15, 0.2) is 71.9 Å². The second-order valence-corrected chi connectivity index (χ2v) is 8.20. The number of carbonyl (C=O) groups excluding carboxylic acids is 1. The quantitative estimate of drug-likeness (QED) is 0.318. The Morgan fingerprint density at radius 1 is 1.09 bits per heavy atom. The fourth-order valence-corrected chi connectivity index (χ4v) is 4.33. The topological polar surface area (TPSA) is 73.0 Å². The number of hydrogen-bond donors (Lipinski definition) is 1. The van der Waals surface area contributed by atoms with E-state index in [4.69, 9.17) is 9.47 Å². The van der Waals surface area contributed by atoms with Crippen LogP contribution in [0.25, 0.3) is 0 Å². The molecule has 1 aliphatic carbocycles. The van der Waals surface area contributed by atoms with E-state index in [2.05, 4.69) is 35.3 Å². The average molecular weight is 447 g/mol. The number of hydrogen-bond acceptors (Lipinski definition) is 5. The van der Waals surface area contributed by atoms with Gasteiger partial charge in [0.1, 0.15) is 5.75 Å². The molecule has 0 aliphatic heterocycles. The average Bonchev–Trinajstić information content (AvgIpc) is 2.96. The Kier molecular flexibility index (Phi) is 7.45. The zero-order valence-corrected chi connectivity index (χ0v) is 18.9. The standard InChI is InChI=1S/C27H30N2O4/c1-2-32-27(30)19-23-16-20-11-12-24(18-22(20)17-21-8-3-4-9-25(21)23)33-15-7-13-28-26-10-5-6-14-29(26)31/h3-6,8-12,14,18,23,31H,2,7,13,15-17,19H2,1H3. The van der Waals surface area contributed by atoms with E-state index in [1.54, 1.807) is 18.3 Å². The molecule has 6 nitrogen and oxygen atoms in total. The summed E-state index contributed by atoms with van der Waals surface area (Å²) in [5.74, 6) is 0.808. The molecule has 0 saturated heterocycles. The Hall–Kier alpha value is -3.54. The van der Waals surface area contributed by atoms with Crippen molar-refractivity contribution in [3.05, 3.63) is 94.6 Å². The van der Waals surface area contributed by atoms with Crippen molar-refractivity contribution in [3.8, 4) is 5.75 Å². The molecule has 0 bridgehead atoms. The Bertz CT molecular complexity index is 1170. The molecule has 2 aromatic carbocycles. The summed E-state index contributed by atoms with van der Waals surface area (Å²) < 4.78 is 12.2. The van der Waals surface area contributed by atoms with Gasteiger partial charge in [0.2, 0.25) is 0 Å². The Morgan fingerprint density at radius 3 is 2.79 bits per heavy atom. The van der Waals surface area contributed by atoms with Crippen LogP contribution in [0.2, 0.25) is 0 Å². The zero-order valence-electron chi connectivity index (χ0n) is 18.9. The predicted octanol–water partition coefficient (Wildman–Crippen LogP) is 4.28. The molecule has 1 N–H and O–H groups in total. The van der Waals surface area contributed by atoms with E-state index in [1.165, 1.54) is 22.3 Å². The minimum Gasteiger partial charge on any atom is -0.494 e. The monoisotopic (exact) mass is 446 g/mol. The highest BCUT2D eigenvalue weighted by Gasteiger charge is 2.24. The molecule has 6 heteroatoms. The lowest BCUT2D eigenvalue weighted by atomic mass is 9.89. The normalized spacial score (nSPS) is 15.3. The van der Waals surface area contributed by atoms with E-state index < -0.39 is 0 Å². The number of rotatable bonds is 8. The van der Waals surface area contributed by atoms with Crippen molar-refractivity contribution < 1.29 is 19.5 Å². The van der Waals surface area contributed by atoms with Crippen molar-refractivity contribution in [1.82, 2.24) is 4.73 Å². The minimum atomic E-state index is -0.145. The summed E-state index contributed by atoms with van der Waals surface area (Å²) in [6.07, 6.45) is 4.32. The van der Waals surface area contributed by atoms with Crippen LogP contribution in [0.5, 0.6) is 5.75 Å². The number of benzene rings is 2. The molecule has 0 fully saturated rings. The van der Waals surface area contributed by atoms with Gasteiger partial charge in [-0.25, -0.2) is 0 Å². The van der Waals surface area contributed by atoms with Crippen molar-refractivity contribution in [2.75, 3.05) is 19.8 Å². The first kappa shape index (κ1) is 22.6. The molecule has 0 radical (unpaired) electrons. The number of carbonyl (C=O) groups is 1. The Morgan fingerprint density at radius 2 is 1.94 bits per heavy atom. The van der Waals surface area contributed by atoms with Gasteiger partial charge in [-0.2, -0.15) is 4.73 Å². The molecular weight excluding hydrogens is 416 g/mol. The van der Waals surface area contributed by atoms with E-state index >= 15 is 0 Å². The van der Waals surface area contributed by atoms with Crippen LogP contribution < -0.4 is 10.2 Å². The van der Waals surface area contributed by atoms with Gasteiger partial charge >= 0.3 is 5.97 Å². The van der Waals surface area contributed by atoms with Crippen LogP contribution in [-0.4, -0.2) is 35.7 Å². The maximum absolute atomic E-state index is 12.2. The van der Waals surface area contributed by atoms with Gasteiger partial charge < -0.3 is 14.7 Å². The van der Waals surface area contributed by atoms with E-state index in [1.807, 2.05) is 25.1 Å². The van der Waals surface area contributed by atoms with Crippen LogP contribution >= 0.6 is 0 Å². The first-order valence-corrected chi connectivity index (χ1v) is 11.5. The fraction of sp³-hybridized carbons (Fsp3) is 0.333.